The third kappa shape index (κ3) is 3.67. The minimum Gasteiger partial charge on any atom is -0.367 e. The van der Waals surface area contributed by atoms with Crippen LogP contribution in [0.15, 0.2) is 48.5 Å². The molecule has 1 saturated heterocycles. The lowest BCUT2D eigenvalue weighted by Gasteiger charge is -2.20. The number of likely N-dealkylation sites (tertiary alicyclic amines) is 1. The number of hydrogen-bond donors (Lipinski definition) is 2. The van der Waals surface area contributed by atoms with Crippen molar-refractivity contribution < 1.29 is 18.0 Å². The average molecular weight is 408 g/mol. The van der Waals surface area contributed by atoms with E-state index in [-0.39, 0.29) is 11.6 Å². The van der Waals surface area contributed by atoms with E-state index in [1.807, 2.05) is 18.2 Å². The van der Waals surface area contributed by atoms with Crippen LogP contribution < -0.4 is 5.32 Å². The normalized spacial score (nSPS) is 17.3. The van der Waals surface area contributed by atoms with Crippen molar-refractivity contribution in [3.63, 3.8) is 0 Å². The zero-order chi connectivity index (χ0) is 19.9. The molecule has 1 aliphatic rings. The summed E-state index contributed by atoms with van der Waals surface area (Å²) in [5.41, 5.74) is -0.320. The van der Waals surface area contributed by atoms with Crippen molar-refractivity contribution in [2.45, 2.75) is 18.6 Å². The molecule has 1 atom stereocenters. The summed E-state index contributed by atoms with van der Waals surface area (Å²) < 4.78 is 39.6. The lowest BCUT2D eigenvalue weighted by Crippen LogP contribution is -2.33. The second kappa shape index (κ2) is 7.05. The second-order valence-corrected chi connectivity index (χ2v) is 7.28. The Morgan fingerprint density at radius 1 is 1.18 bits per heavy atom. The van der Waals surface area contributed by atoms with Gasteiger partial charge < -0.3 is 15.2 Å². The minimum absolute atomic E-state index is 0.0504. The maximum absolute atomic E-state index is 13.2. The quantitative estimate of drug-likeness (QED) is 0.629. The number of carbonyl (C=O) groups excluding carboxylic acids is 1. The maximum atomic E-state index is 13.2. The van der Waals surface area contributed by atoms with E-state index >= 15 is 0 Å². The fourth-order valence-electron chi connectivity index (χ4n) is 3.55. The topological polar surface area (TPSA) is 48.1 Å². The van der Waals surface area contributed by atoms with Crippen molar-refractivity contribution >= 4 is 34.2 Å². The van der Waals surface area contributed by atoms with Crippen molar-refractivity contribution in [3.8, 4) is 0 Å². The number of fused-ring (bicyclic) bond motifs is 1. The first-order valence-electron chi connectivity index (χ1n) is 8.81. The average Bonchev–Trinajstić information content (AvgIpc) is 3.26. The van der Waals surface area contributed by atoms with Gasteiger partial charge in [-0.25, -0.2) is 0 Å². The zero-order valence-corrected chi connectivity index (χ0v) is 15.4. The van der Waals surface area contributed by atoms with Crippen molar-refractivity contribution in [1.29, 1.82) is 0 Å². The van der Waals surface area contributed by atoms with Gasteiger partial charge in [-0.2, -0.15) is 13.2 Å². The summed E-state index contributed by atoms with van der Waals surface area (Å²) in [5, 5.41) is 4.94. The van der Waals surface area contributed by atoms with E-state index in [1.165, 1.54) is 23.1 Å². The van der Waals surface area contributed by atoms with E-state index in [0.717, 1.165) is 22.8 Å². The molecule has 0 spiro atoms. The van der Waals surface area contributed by atoms with Crippen LogP contribution >= 0.6 is 11.6 Å². The fourth-order valence-corrected chi connectivity index (χ4v) is 3.72. The molecule has 0 unspecified atom stereocenters. The number of nitrogens with one attached hydrogen (secondary N) is 2. The van der Waals surface area contributed by atoms with Crippen LogP contribution in [0.3, 0.4) is 0 Å². The molecule has 0 radical (unpaired) electrons. The number of rotatable bonds is 3. The highest BCUT2D eigenvalue weighted by molar-refractivity contribution is 6.31. The van der Waals surface area contributed by atoms with Crippen molar-refractivity contribution in [2.75, 3.05) is 18.4 Å². The summed E-state index contributed by atoms with van der Waals surface area (Å²) in [6, 6.07) is 12.3. The largest absolute Gasteiger partial charge is 0.417 e. The van der Waals surface area contributed by atoms with E-state index in [0.29, 0.717) is 24.5 Å². The molecule has 1 fully saturated rings. The summed E-state index contributed by atoms with van der Waals surface area (Å²) in [4.78, 5) is 17.3. The van der Waals surface area contributed by atoms with Gasteiger partial charge in [-0.3, -0.25) is 4.79 Å². The minimum atomic E-state index is -4.56. The van der Waals surface area contributed by atoms with E-state index < -0.39 is 17.6 Å². The van der Waals surface area contributed by atoms with Crippen LogP contribution in [0.25, 0.3) is 10.9 Å². The number of alkyl halides is 3. The summed E-state index contributed by atoms with van der Waals surface area (Å²) in [5.74, 6) is 0.188. The Morgan fingerprint density at radius 3 is 2.75 bits per heavy atom. The zero-order valence-electron chi connectivity index (χ0n) is 14.7. The lowest BCUT2D eigenvalue weighted by atomic mass is 10.1. The molecule has 3 aromatic rings. The van der Waals surface area contributed by atoms with E-state index in [9.17, 15) is 18.0 Å². The molecule has 8 heteroatoms. The van der Waals surface area contributed by atoms with Gasteiger partial charge in [-0.15, -0.1) is 0 Å². The number of benzene rings is 2. The number of hydrogen-bond acceptors (Lipinski definition) is 2. The molecule has 28 heavy (non-hydrogen) atoms. The fraction of sp³-hybridized carbons (Fsp3) is 0.250. The van der Waals surface area contributed by atoms with Gasteiger partial charge in [0.2, 0.25) is 0 Å². The van der Waals surface area contributed by atoms with Crippen LogP contribution in [-0.4, -0.2) is 34.9 Å². The molecule has 146 valence electrons. The Balaban J connectivity index is 1.47. The van der Waals surface area contributed by atoms with E-state index in [2.05, 4.69) is 10.3 Å². The van der Waals surface area contributed by atoms with Gasteiger partial charge in [0, 0.05) is 35.1 Å². The molecule has 1 aliphatic heterocycles. The molecule has 4 nitrogen and oxygen atoms in total. The number of anilines is 1. The molecule has 2 aromatic carbocycles. The Labute approximate surface area is 164 Å². The summed E-state index contributed by atoms with van der Waals surface area (Å²) in [6.45, 7) is 0.732. The van der Waals surface area contributed by atoms with Gasteiger partial charge in [0.15, 0.2) is 0 Å². The molecular weight excluding hydrogens is 391 g/mol. The number of carbonyl (C=O) groups is 1. The molecule has 2 heterocycles. The van der Waals surface area contributed by atoms with Gasteiger partial charge in [0.25, 0.3) is 5.91 Å². The van der Waals surface area contributed by atoms with Crippen LogP contribution in [0.2, 0.25) is 5.02 Å². The molecule has 1 amide bonds. The molecule has 1 aromatic heterocycles. The Kier molecular flexibility index (Phi) is 4.71. The van der Waals surface area contributed by atoms with E-state index in [4.69, 9.17) is 11.6 Å². The maximum Gasteiger partial charge on any atom is 0.417 e. The predicted octanol–water partition coefficient (Wildman–Crippen LogP) is 5.17. The van der Waals surface area contributed by atoms with Gasteiger partial charge in [0.1, 0.15) is 5.82 Å². The SMILES string of the molecule is O=C(c1ccccc1C(F)(F)F)N1CC[C@@H](Nc2cc3ccc(Cl)cc3[nH]2)C1. The van der Waals surface area contributed by atoms with Gasteiger partial charge >= 0.3 is 6.18 Å². The van der Waals surface area contributed by atoms with Crippen LogP contribution in [0.1, 0.15) is 22.3 Å². The van der Waals surface area contributed by atoms with E-state index in [1.54, 1.807) is 6.07 Å². The Bertz CT molecular complexity index is 1030. The third-order valence-corrected chi connectivity index (χ3v) is 5.12. The molecule has 2 N–H and O–H groups in total. The first-order chi connectivity index (χ1) is 13.3. The first kappa shape index (κ1) is 18.7. The van der Waals surface area contributed by atoms with Crippen molar-refractivity contribution in [3.05, 3.63) is 64.7 Å². The van der Waals surface area contributed by atoms with Crippen molar-refractivity contribution in [2.24, 2.45) is 0 Å². The molecule has 4 rings (SSSR count). The summed E-state index contributed by atoms with van der Waals surface area (Å²) in [7, 11) is 0. The van der Waals surface area contributed by atoms with Crippen LogP contribution in [0, 0.1) is 0 Å². The third-order valence-electron chi connectivity index (χ3n) is 4.88. The Morgan fingerprint density at radius 2 is 1.96 bits per heavy atom. The first-order valence-corrected chi connectivity index (χ1v) is 9.19. The molecule has 0 bridgehead atoms. The summed E-state index contributed by atoms with van der Waals surface area (Å²) >= 11 is 5.99. The Hall–Kier alpha value is -2.67. The smallest absolute Gasteiger partial charge is 0.367 e. The number of halogens is 4. The number of aromatic nitrogens is 1. The number of aromatic amines is 1. The molecule has 0 aliphatic carbocycles. The summed E-state index contributed by atoms with van der Waals surface area (Å²) in [6.07, 6.45) is -3.91. The van der Waals surface area contributed by atoms with Crippen molar-refractivity contribution in [1.82, 2.24) is 9.88 Å². The highest BCUT2D eigenvalue weighted by Gasteiger charge is 2.37. The van der Waals surface area contributed by atoms with Crippen LogP contribution in [0.5, 0.6) is 0 Å². The van der Waals surface area contributed by atoms with Gasteiger partial charge in [-0.05, 0) is 36.8 Å². The van der Waals surface area contributed by atoms with Gasteiger partial charge in [-0.1, -0.05) is 29.8 Å². The monoisotopic (exact) mass is 407 g/mol. The molecular formula is C20H17ClF3N3O. The second-order valence-electron chi connectivity index (χ2n) is 6.84. The standard InChI is InChI=1S/C20H17ClF3N3O/c21-13-6-5-12-9-18(26-17(12)10-13)25-14-7-8-27(11-14)19(28)15-3-1-2-4-16(15)20(22,23)24/h1-6,9-10,14,25-26H,7-8,11H2/t14-/m1/s1. The highest BCUT2D eigenvalue weighted by atomic mass is 35.5. The van der Waals surface area contributed by atoms with Crippen LogP contribution in [0.4, 0.5) is 19.0 Å². The predicted molar refractivity (Wildman–Crippen MR) is 103 cm³/mol. The number of nitrogens with zero attached hydrogens (tertiary/aromatic N) is 1. The lowest BCUT2D eigenvalue weighted by molar-refractivity contribution is -0.138. The number of H-pyrrole nitrogens is 1. The highest BCUT2D eigenvalue weighted by Crippen LogP contribution is 2.33. The molecule has 0 saturated carbocycles. The van der Waals surface area contributed by atoms with Crippen LogP contribution in [-0.2, 0) is 6.18 Å². The number of amides is 1. The van der Waals surface area contributed by atoms with Gasteiger partial charge in [0.05, 0.1) is 11.1 Å².